The number of benzene rings is 1. The Morgan fingerprint density at radius 2 is 1.88 bits per heavy atom. The molecule has 1 aliphatic heterocycles. The first-order valence-corrected chi connectivity index (χ1v) is 7.90. The third-order valence-electron chi connectivity index (χ3n) is 4.00. The number of ether oxygens (including phenoxy) is 1. The maximum absolute atomic E-state index is 12.3. The lowest BCUT2D eigenvalue weighted by atomic mass is 10.1. The second-order valence-corrected chi connectivity index (χ2v) is 6.07. The number of hydrogen-bond donors (Lipinski definition) is 1. The van der Waals surface area contributed by atoms with E-state index in [9.17, 15) is 13.2 Å². The molecule has 0 amide bonds. The number of nitrogens with zero attached hydrogens (tertiary/aromatic N) is 3. The molecule has 25 heavy (non-hydrogen) atoms. The van der Waals surface area contributed by atoms with Crippen LogP contribution in [-0.2, 0) is 0 Å². The van der Waals surface area contributed by atoms with E-state index in [-0.39, 0.29) is 11.8 Å². The number of rotatable bonds is 3. The molecule has 2 aromatic heterocycles. The molecule has 5 nitrogen and oxygen atoms in total. The van der Waals surface area contributed by atoms with E-state index in [2.05, 4.69) is 20.1 Å². The average Bonchev–Trinajstić information content (AvgIpc) is 2.85. The molecule has 130 valence electrons. The second kappa shape index (κ2) is 5.89. The predicted octanol–water partition coefficient (Wildman–Crippen LogP) is 3.79. The van der Waals surface area contributed by atoms with Gasteiger partial charge in [-0.1, -0.05) is 11.6 Å². The van der Waals surface area contributed by atoms with Gasteiger partial charge in [-0.25, -0.2) is 0 Å². The molecule has 0 atom stereocenters. The van der Waals surface area contributed by atoms with Gasteiger partial charge < -0.3 is 10.1 Å². The van der Waals surface area contributed by atoms with Gasteiger partial charge in [0.1, 0.15) is 22.5 Å². The number of halogens is 4. The van der Waals surface area contributed by atoms with Crippen molar-refractivity contribution in [3.8, 4) is 17.0 Å². The summed E-state index contributed by atoms with van der Waals surface area (Å²) in [5.41, 5.74) is 2.55. The summed E-state index contributed by atoms with van der Waals surface area (Å²) in [7, 11) is 0. The van der Waals surface area contributed by atoms with Crippen LogP contribution in [0.15, 0.2) is 36.5 Å². The Bertz CT molecular complexity index is 920. The molecule has 9 heteroatoms. The monoisotopic (exact) mass is 368 g/mol. The fourth-order valence-corrected chi connectivity index (χ4v) is 2.98. The zero-order valence-corrected chi connectivity index (χ0v) is 13.5. The van der Waals surface area contributed by atoms with Crippen molar-refractivity contribution in [1.29, 1.82) is 0 Å². The van der Waals surface area contributed by atoms with Crippen LogP contribution in [0.3, 0.4) is 0 Å². The molecule has 0 aliphatic carbocycles. The highest BCUT2D eigenvalue weighted by Crippen LogP contribution is 2.34. The van der Waals surface area contributed by atoms with Gasteiger partial charge in [-0.2, -0.15) is 5.10 Å². The van der Waals surface area contributed by atoms with Crippen molar-refractivity contribution in [1.82, 2.24) is 20.1 Å². The fraction of sp³-hybridized carbons (Fsp3) is 0.250. The van der Waals surface area contributed by atoms with Crippen molar-refractivity contribution in [3.05, 3.63) is 41.6 Å². The molecule has 1 N–H and O–H groups in total. The van der Waals surface area contributed by atoms with Crippen molar-refractivity contribution in [3.63, 3.8) is 0 Å². The van der Waals surface area contributed by atoms with E-state index in [1.807, 2.05) is 4.68 Å². The summed E-state index contributed by atoms with van der Waals surface area (Å²) in [5.74, 6) is -0.283. The third-order valence-corrected chi connectivity index (χ3v) is 4.31. The highest BCUT2D eigenvalue weighted by molar-refractivity contribution is 6.35. The van der Waals surface area contributed by atoms with Gasteiger partial charge in [-0.3, -0.25) is 9.67 Å². The zero-order chi connectivity index (χ0) is 17.6. The van der Waals surface area contributed by atoms with Crippen molar-refractivity contribution in [2.24, 2.45) is 0 Å². The topological polar surface area (TPSA) is 52.0 Å². The largest absolute Gasteiger partial charge is 0.573 e. The van der Waals surface area contributed by atoms with Crippen LogP contribution in [0, 0.1) is 0 Å². The van der Waals surface area contributed by atoms with Gasteiger partial charge in [0, 0.05) is 24.8 Å². The van der Waals surface area contributed by atoms with Gasteiger partial charge >= 0.3 is 6.36 Å². The van der Waals surface area contributed by atoms with E-state index in [0.29, 0.717) is 21.8 Å². The Morgan fingerprint density at radius 1 is 1.16 bits per heavy atom. The highest BCUT2D eigenvalue weighted by Gasteiger charge is 2.31. The SMILES string of the molecule is FC(F)(F)Oc1ccc(-c2nn(C3CNC3)c3c(Cl)ccnc23)cc1. The number of alkyl halides is 3. The highest BCUT2D eigenvalue weighted by atomic mass is 35.5. The van der Waals surface area contributed by atoms with Crippen LogP contribution in [-0.4, -0.2) is 34.2 Å². The lowest BCUT2D eigenvalue weighted by Gasteiger charge is -2.28. The van der Waals surface area contributed by atoms with Gasteiger partial charge in [-0.15, -0.1) is 13.2 Å². The van der Waals surface area contributed by atoms with Crippen LogP contribution in [0.4, 0.5) is 13.2 Å². The Hall–Kier alpha value is -2.32. The van der Waals surface area contributed by atoms with Crippen LogP contribution >= 0.6 is 11.6 Å². The minimum absolute atomic E-state index is 0.172. The van der Waals surface area contributed by atoms with E-state index >= 15 is 0 Å². The van der Waals surface area contributed by atoms with E-state index in [0.717, 1.165) is 18.6 Å². The predicted molar refractivity (Wildman–Crippen MR) is 86.6 cm³/mol. The van der Waals surface area contributed by atoms with E-state index in [1.54, 1.807) is 12.3 Å². The standard InChI is InChI=1S/C16H12ClF3N4O/c17-12-5-6-22-14-13(23-24(15(12)14)10-7-21-8-10)9-1-3-11(4-2-9)25-16(18,19)20/h1-6,10,21H,7-8H2. The smallest absolute Gasteiger partial charge is 0.406 e. The normalized spacial score (nSPS) is 15.4. The van der Waals surface area contributed by atoms with Gasteiger partial charge in [0.2, 0.25) is 0 Å². The molecule has 1 fully saturated rings. The molecule has 0 spiro atoms. The van der Waals surface area contributed by atoms with E-state index in [4.69, 9.17) is 11.6 Å². The number of nitrogens with one attached hydrogen (secondary N) is 1. The average molecular weight is 369 g/mol. The van der Waals surface area contributed by atoms with Gasteiger partial charge in [0.25, 0.3) is 0 Å². The molecular formula is C16H12ClF3N4O. The summed E-state index contributed by atoms with van der Waals surface area (Å²) in [6.07, 6.45) is -3.14. The minimum atomic E-state index is -4.72. The van der Waals surface area contributed by atoms with E-state index in [1.165, 1.54) is 24.3 Å². The maximum Gasteiger partial charge on any atom is 0.573 e. The molecule has 0 saturated carbocycles. The molecule has 0 unspecified atom stereocenters. The van der Waals surface area contributed by atoms with Crippen LogP contribution in [0.2, 0.25) is 5.02 Å². The molecule has 1 aliphatic rings. The van der Waals surface area contributed by atoms with E-state index < -0.39 is 6.36 Å². The van der Waals surface area contributed by atoms with Crippen molar-refractivity contribution in [2.75, 3.05) is 13.1 Å². The zero-order valence-electron chi connectivity index (χ0n) is 12.7. The minimum Gasteiger partial charge on any atom is -0.406 e. The summed E-state index contributed by atoms with van der Waals surface area (Å²) < 4.78 is 42.6. The molecule has 3 heterocycles. The summed E-state index contributed by atoms with van der Waals surface area (Å²) in [5, 5.41) is 8.32. The molecule has 3 aromatic rings. The first-order chi connectivity index (χ1) is 11.9. The summed E-state index contributed by atoms with van der Waals surface area (Å²) in [4.78, 5) is 4.36. The lowest BCUT2D eigenvalue weighted by Crippen LogP contribution is -2.43. The summed E-state index contributed by atoms with van der Waals surface area (Å²) >= 11 is 6.32. The number of fused-ring (bicyclic) bond motifs is 1. The first kappa shape index (κ1) is 16.2. The molecule has 1 aromatic carbocycles. The van der Waals surface area contributed by atoms with Crippen molar-refractivity contribution in [2.45, 2.75) is 12.4 Å². The van der Waals surface area contributed by atoms with Gasteiger partial charge in [-0.05, 0) is 30.3 Å². The maximum atomic E-state index is 12.3. The quantitative estimate of drug-likeness (QED) is 0.764. The number of aromatic nitrogens is 3. The van der Waals surface area contributed by atoms with Gasteiger partial charge in [0.05, 0.1) is 11.1 Å². The van der Waals surface area contributed by atoms with Crippen LogP contribution in [0.1, 0.15) is 6.04 Å². The first-order valence-electron chi connectivity index (χ1n) is 7.52. The van der Waals surface area contributed by atoms with Crippen LogP contribution in [0.5, 0.6) is 5.75 Å². The number of hydrogen-bond acceptors (Lipinski definition) is 4. The second-order valence-electron chi connectivity index (χ2n) is 5.67. The summed E-state index contributed by atoms with van der Waals surface area (Å²) in [6.45, 7) is 1.56. The van der Waals surface area contributed by atoms with Gasteiger partial charge in [0.15, 0.2) is 0 Å². The Balaban J connectivity index is 1.77. The lowest BCUT2D eigenvalue weighted by molar-refractivity contribution is -0.274. The number of pyridine rings is 1. The Kier molecular flexibility index (Phi) is 3.81. The van der Waals surface area contributed by atoms with Crippen molar-refractivity contribution < 1.29 is 17.9 Å². The van der Waals surface area contributed by atoms with Crippen LogP contribution in [0.25, 0.3) is 22.3 Å². The fourth-order valence-electron chi connectivity index (χ4n) is 2.75. The summed E-state index contributed by atoms with van der Waals surface area (Å²) in [6, 6.07) is 7.42. The Labute approximate surface area is 145 Å². The Morgan fingerprint density at radius 3 is 2.48 bits per heavy atom. The molecule has 0 radical (unpaired) electrons. The molecular weight excluding hydrogens is 357 g/mol. The third kappa shape index (κ3) is 3.03. The van der Waals surface area contributed by atoms with Crippen molar-refractivity contribution >= 4 is 22.6 Å². The molecule has 1 saturated heterocycles. The van der Waals surface area contributed by atoms with Crippen LogP contribution < -0.4 is 10.1 Å². The molecule has 0 bridgehead atoms. The molecule has 4 rings (SSSR count).